The summed E-state index contributed by atoms with van der Waals surface area (Å²) in [5.74, 6) is 0. The predicted molar refractivity (Wildman–Crippen MR) is 33.4 cm³/mol. The van der Waals surface area contributed by atoms with Crippen LogP contribution in [0.2, 0.25) is 0 Å². The SMILES string of the molecule is COONN1CCC(O)C1. The fourth-order valence-electron chi connectivity index (χ4n) is 0.915. The highest BCUT2D eigenvalue weighted by atomic mass is 17.3. The number of β-amino-alcohol motifs (C(OH)–C–C–N with tert-alkyl or cyclic N) is 1. The molecular formula is C5H12N2O3. The first kappa shape index (κ1) is 7.90. The molecule has 0 amide bonds. The van der Waals surface area contributed by atoms with Crippen LogP contribution in [0.4, 0.5) is 0 Å². The zero-order valence-electron chi connectivity index (χ0n) is 5.91. The first-order valence-electron chi connectivity index (χ1n) is 3.21. The van der Waals surface area contributed by atoms with Crippen molar-refractivity contribution in [3.8, 4) is 0 Å². The van der Waals surface area contributed by atoms with Crippen molar-refractivity contribution in [2.45, 2.75) is 12.5 Å². The van der Waals surface area contributed by atoms with Gasteiger partial charge in [-0.1, -0.05) is 0 Å². The molecule has 1 aliphatic rings. The molecule has 1 heterocycles. The molecular weight excluding hydrogens is 136 g/mol. The van der Waals surface area contributed by atoms with E-state index in [1.807, 2.05) is 0 Å². The summed E-state index contributed by atoms with van der Waals surface area (Å²) in [6.45, 7) is 1.37. The van der Waals surface area contributed by atoms with Gasteiger partial charge in [-0.05, 0) is 6.42 Å². The Morgan fingerprint density at radius 1 is 1.70 bits per heavy atom. The van der Waals surface area contributed by atoms with Gasteiger partial charge in [-0.2, -0.15) is 0 Å². The van der Waals surface area contributed by atoms with E-state index in [-0.39, 0.29) is 6.10 Å². The van der Waals surface area contributed by atoms with E-state index in [2.05, 4.69) is 15.5 Å². The monoisotopic (exact) mass is 148 g/mol. The Kier molecular flexibility index (Phi) is 3.04. The summed E-state index contributed by atoms with van der Waals surface area (Å²) in [6, 6.07) is 0. The van der Waals surface area contributed by atoms with Crippen LogP contribution < -0.4 is 5.59 Å². The van der Waals surface area contributed by atoms with E-state index in [9.17, 15) is 0 Å². The highest BCUT2D eigenvalue weighted by Gasteiger charge is 2.19. The Morgan fingerprint density at radius 2 is 2.50 bits per heavy atom. The molecule has 0 radical (unpaired) electrons. The molecule has 1 rings (SSSR count). The van der Waals surface area contributed by atoms with Gasteiger partial charge in [0, 0.05) is 13.1 Å². The van der Waals surface area contributed by atoms with Crippen molar-refractivity contribution in [2.24, 2.45) is 0 Å². The summed E-state index contributed by atoms with van der Waals surface area (Å²) < 4.78 is 0. The molecule has 5 nitrogen and oxygen atoms in total. The molecule has 1 unspecified atom stereocenters. The highest BCUT2D eigenvalue weighted by molar-refractivity contribution is 4.69. The van der Waals surface area contributed by atoms with Gasteiger partial charge in [0.1, 0.15) is 0 Å². The minimum atomic E-state index is -0.243. The summed E-state index contributed by atoms with van der Waals surface area (Å²) in [5, 5.41) is 10.8. The Hall–Kier alpha value is -0.200. The van der Waals surface area contributed by atoms with Crippen LogP contribution in [-0.4, -0.2) is 36.4 Å². The Morgan fingerprint density at radius 3 is 3.00 bits per heavy atom. The van der Waals surface area contributed by atoms with E-state index in [1.165, 1.54) is 7.11 Å². The van der Waals surface area contributed by atoms with Crippen molar-refractivity contribution in [3.05, 3.63) is 0 Å². The number of aliphatic hydroxyl groups is 1. The summed E-state index contributed by atoms with van der Waals surface area (Å²) in [4.78, 5) is 8.74. The molecule has 1 atom stereocenters. The molecule has 0 spiro atoms. The Labute approximate surface area is 59.4 Å². The predicted octanol–water partition coefficient (Wildman–Crippen LogP) is -0.949. The topological polar surface area (TPSA) is 54.0 Å². The maximum Gasteiger partial charge on any atom is 0.0733 e. The van der Waals surface area contributed by atoms with Crippen molar-refractivity contribution in [1.82, 2.24) is 10.6 Å². The van der Waals surface area contributed by atoms with Crippen LogP contribution in [0.3, 0.4) is 0 Å². The highest BCUT2D eigenvalue weighted by Crippen LogP contribution is 2.04. The average Bonchev–Trinajstić information content (AvgIpc) is 2.31. The van der Waals surface area contributed by atoms with Crippen LogP contribution in [0.15, 0.2) is 0 Å². The van der Waals surface area contributed by atoms with E-state index in [4.69, 9.17) is 5.11 Å². The number of nitrogens with one attached hydrogen (secondary N) is 1. The second-order valence-electron chi connectivity index (χ2n) is 2.23. The molecule has 0 aliphatic carbocycles. The lowest BCUT2D eigenvalue weighted by Crippen LogP contribution is -2.36. The zero-order chi connectivity index (χ0) is 7.40. The first-order valence-corrected chi connectivity index (χ1v) is 3.21. The fourth-order valence-corrected chi connectivity index (χ4v) is 0.915. The molecule has 0 aromatic rings. The molecule has 0 aromatic heterocycles. The molecule has 0 bridgehead atoms. The van der Waals surface area contributed by atoms with E-state index in [0.29, 0.717) is 6.54 Å². The Balaban J connectivity index is 2.06. The van der Waals surface area contributed by atoms with E-state index in [1.54, 1.807) is 5.01 Å². The third-order valence-corrected chi connectivity index (χ3v) is 1.41. The number of hydrogen-bond donors (Lipinski definition) is 2. The quantitative estimate of drug-likeness (QED) is 0.399. The van der Waals surface area contributed by atoms with Crippen LogP contribution in [0.25, 0.3) is 0 Å². The van der Waals surface area contributed by atoms with Gasteiger partial charge in [0.2, 0.25) is 0 Å². The zero-order valence-corrected chi connectivity index (χ0v) is 5.91. The van der Waals surface area contributed by atoms with Crippen LogP contribution in [0, 0.1) is 0 Å². The van der Waals surface area contributed by atoms with Crippen LogP contribution in [-0.2, 0) is 9.88 Å². The lowest BCUT2D eigenvalue weighted by atomic mass is 10.3. The smallest absolute Gasteiger partial charge is 0.0733 e. The van der Waals surface area contributed by atoms with Gasteiger partial charge in [0.15, 0.2) is 0 Å². The van der Waals surface area contributed by atoms with E-state index >= 15 is 0 Å². The van der Waals surface area contributed by atoms with E-state index < -0.39 is 0 Å². The van der Waals surface area contributed by atoms with Crippen molar-refractivity contribution in [2.75, 3.05) is 20.2 Å². The summed E-state index contributed by atoms with van der Waals surface area (Å²) in [6.07, 6.45) is 0.535. The van der Waals surface area contributed by atoms with Gasteiger partial charge in [-0.3, -0.25) is 0 Å². The average molecular weight is 148 g/mol. The second kappa shape index (κ2) is 3.85. The largest absolute Gasteiger partial charge is 0.392 e. The molecule has 5 heteroatoms. The minimum Gasteiger partial charge on any atom is -0.392 e. The third kappa shape index (κ3) is 2.20. The standard InChI is InChI=1S/C5H12N2O3/c1-9-10-6-7-3-2-5(8)4-7/h5-6,8H,2-4H2,1H3. The lowest BCUT2D eigenvalue weighted by molar-refractivity contribution is -0.352. The molecule has 2 N–H and O–H groups in total. The molecule has 1 saturated heterocycles. The van der Waals surface area contributed by atoms with E-state index in [0.717, 1.165) is 13.0 Å². The van der Waals surface area contributed by atoms with Crippen LogP contribution in [0.5, 0.6) is 0 Å². The molecule has 1 aliphatic heterocycles. The van der Waals surface area contributed by atoms with Crippen molar-refractivity contribution >= 4 is 0 Å². The maximum atomic E-state index is 9.02. The summed E-state index contributed by atoms with van der Waals surface area (Å²) in [5.41, 5.74) is 2.51. The van der Waals surface area contributed by atoms with Crippen LogP contribution >= 0.6 is 0 Å². The molecule has 60 valence electrons. The number of nitrogens with zero attached hydrogens (tertiary/aromatic N) is 1. The third-order valence-electron chi connectivity index (χ3n) is 1.41. The lowest BCUT2D eigenvalue weighted by Gasteiger charge is -2.13. The molecule has 10 heavy (non-hydrogen) atoms. The molecule has 0 aromatic carbocycles. The maximum absolute atomic E-state index is 9.02. The summed E-state index contributed by atoms with van der Waals surface area (Å²) in [7, 11) is 1.42. The van der Waals surface area contributed by atoms with Gasteiger partial charge in [0.05, 0.1) is 13.2 Å². The van der Waals surface area contributed by atoms with Gasteiger partial charge in [0.25, 0.3) is 0 Å². The van der Waals surface area contributed by atoms with Crippen molar-refractivity contribution < 1.29 is 15.0 Å². The normalized spacial score (nSPS) is 27.6. The van der Waals surface area contributed by atoms with Crippen molar-refractivity contribution in [3.63, 3.8) is 0 Å². The second-order valence-corrected chi connectivity index (χ2v) is 2.23. The fraction of sp³-hybridized carbons (Fsp3) is 1.00. The summed E-state index contributed by atoms with van der Waals surface area (Å²) >= 11 is 0. The van der Waals surface area contributed by atoms with Gasteiger partial charge in [-0.25, -0.2) is 9.90 Å². The van der Waals surface area contributed by atoms with Crippen LogP contribution in [0.1, 0.15) is 6.42 Å². The van der Waals surface area contributed by atoms with Gasteiger partial charge >= 0.3 is 0 Å². The molecule has 1 fully saturated rings. The first-order chi connectivity index (χ1) is 4.83. The number of hydrazine groups is 1. The van der Waals surface area contributed by atoms with Gasteiger partial charge in [-0.15, -0.1) is 10.6 Å². The molecule has 0 saturated carbocycles. The van der Waals surface area contributed by atoms with Gasteiger partial charge < -0.3 is 5.11 Å². The number of aliphatic hydroxyl groups excluding tert-OH is 1. The van der Waals surface area contributed by atoms with Crippen molar-refractivity contribution in [1.29, 1.82) is 0 Å². The number of rotatable bonds is 3. The number of hydrogen-bond acceptors (Lipinski definition) is 5. The minimum absolute atomic E-state index is 0.243. The Bertz CT molecular complexity index is 101.